The first kappa shape index (κ1) is 62.1. The molecule has 0 heterocycles. The van der Waals surface area contributed by atoms with Crippen molar-refractivity contribution in [1.29, 1.82) is 0 Å². The average molecular weight is 1310 g/mol. The second kappa shape index (κ2) is 28.9. The lowest BCUT2D eigenvalue weighted by Crippen LogP contribution is -2.15. The van der Waals surface area contributed by atoms with Crippen LogP contribution in [0.15, 0.2) is 364 Å². The molecule has 0 aliphatic carbocycles. The molecule has 0 saturated heterocycles. The van der Waals surface area contributed by atoms with Crippen LogP contribution in [-0.4, -0.2) is 0 Å². The van der Waals surface area contributed by atoms with Gasteiger partial charge in [-0.25, -0.2) is 0 Å². The molecule has 0 aliphatic heterocycles. The van der Waals surface area contributed by atoms with Crippen molar-refractivity contribution < 1.29 is 0 Å². The molecule has 96 heavy (non-hydrogen) atoms. The smallest absolute Gasteiger partial charge is 0.0486 e. The number of hydrogen-bond acceptors (Lipinski definition) is 0. The Morgan fingerprint density at radius 2 is 0.385 bits per heavy atom. The molecule has 0 spiro atoms. The maximum Gasteiger partial charge on any atom is 0.0486 e. The fraction of sp³-hybridized carbons (Fsp3) is 0.0435. The summed E-state index contributed by atoms with van der Waals surface area (Å²) in [7, 11) is -1.57. The van der Waals surface area contributed by atoms with Crippen LogP contribution < -0.4 is 21.2 Å². The minimum Gasteiger partial charge on any atom is -0.122 e. The molecule has 0 radical (unpaired) electrons. The van der Waals surface area contributed by atoms with Crippen LogP contribution in [0.1, 0.15) is 22.3 Å². The van der Waals surface area contributed by atoms with Crippen LogP contribution in [0, 0.1) is 0 Å². The van der Waals surface area contributed by atoms with E-state index in [9.17, 15) is 0 Å². The third-order valence-electron chi connectivity index (χ3n) is 18.6. The number of alkyl halides is 2. The predicted octanol–water partition coefficient (Wildman–Crippen LogP) is 24.7. The molecule has 16 rings (SSSR count). The van der Waals surface area contributed by atoms with Gasteiger partial charge in [-0.2, -0.15) is 0 Å². The molecule has 0 nitrogen and oxygen atoms in total. The first-order valence-corrected chi connectivity index (χ1v) is 37.0. The van der Waals surface area contributed by atoms with Crippen LogP contribution in [0.5, 0.6) is 0 Å². The number of fused-ring (bicyclic) bond motifs is 4. The van der Waals surface area contributed by atoms with Gasteiger partial charge in [-0.05, 0) is 193 Å². The van der Waals surface area contributed by atoms with Gasteiger partial charge in [0.05, 0.1) is 0 Å². The lowest BCUT2D eigenvalue weighted by Gasteiger charge is -2.29. The van der Waals surface area contributed by atoms with E-state index in [0.29, 0.717) is 11.8 Å². The monoisotopic (exact) mass is 1300 g/mol. The van der Waals surface area contributed by atoms with Gasteiger partial charge in [0.25, 0.3) is 0 Å². The molecule has 0 unspecified atom stereocenters. The third kappa shape index (κ3) is 12.6. The van der Waals surface area contributed by atoms with Crippen molar-refractivity contribution in [1.82, 2.24) is 0 Å². The second-order valence-electron chi connectivity index (χ2n) is 24.2. The van der Waals surface area contributed by atoms with Crippen molar-refractivity contribution in [3.8, 4) is 66.8 Å². The molecule has 16 aromatic carbocycles. The second-order valence-corrected chi connectivity index (χ2v) is 29.2. The molecule has 16 aromatic rings. The van der Waals surface area contributed by atoms with Gasteiger partial charge in [0.15, 0.2) is 0 Å². The Morgan fingerprint density at radius 3 is 0.615 bits per heavy atom. The van der Waals surface area contributed by atoms with Crippen LogP contribution in [0.4, 0.5) is 0 Å². The summed E-state index contributed by atoms with van der Waals surface area (Å²) in [5, 5.41) is 15.4. The first-order chi connectivity index (χ1) is 47.6. The van der Waals surface area contributed by atoms with Crippen LogP contribution in [-0.2, 0) is 24.1 Å². The molecule has 0 amide bonds. The largest absolute Gasteiger partial charge is 0.122 e. The van der Waals surface area contributed by atoms with E-state index in [4.69, 9.17) is 23.2 Å². The van der Waals surface area contributed by atoms with Crippen LogP contribution >= 0.6 is 39.0 Å². The summed E-state index contributed by atoms with van der Waals surface area (Å²) in [5.74, 6) is 0.798. The Labute approximate surface area is 576 Å². The molecule has 0 aliphatic rings. The van der Waals surface area contributed by atoms with E-state index >= 15 is 0 Å². The summed E-state index contributed by atoms with van der Waals surface area (Å²) in [6.45, 7) is 0. The maximum atomic E-state index is 6.81. The highest BCUT2D eigenvalue weighted by molar-refractivity contribution is 7.72. The summed E-state index contributed by atoms with van der Waals surface area (Å²) in [6, 6.07) is 133. The van der Waals surface area contributed by atoms with E-state index < -0.39 is 15.8 Å². The molecule has 4 heteroatoms. The zero-order valence-corrected chi connectivity index (χ0v) is 56.4. The summed E-state index contributed by atoms with van der Waals surface area (Å²) in [5.41, 5.74) is 19.9. The molecule has 460 valence electrons. The number of hydrogen-bond donors (Lipinski definition) is 0. The Bertz CT molecular complexity index is 4930. The molecule has 0 atom stereocenters. The molecule has 0 N–H and O–H groups in total. The van der Waals surface area contributed by atoms with Crippen molar-refractivity contribution in [2.45, 2.75) is 24.1 Å². The molecular weight excluding hydrogens is 1240 g/mol. The summed E-state index contributed by atoms with van der Waals surface area (Å²) in [6.07, 6.45) is 1.78. The van der Waals surface area contributed by atoms with Crippen molar-refractivity contribution in [2.75, 3.05) is 0 Å². The Balaban J connectivity index is 0.000000179. The molecule has 0 bridgehead atoms. The van der Waals surface area contributed by atoms with Gasteiger partial charge < -0.3 is 0 Å². The van der Waals surface area contributed by atoms with Crippen LogP contribution in [0.25, 0.3) is 110 Å². The first-order valence-electron chi connectivity index (χ1n) is 32.9. The topological polar surface area (TPSA) is 0 Å². The van der Waals surface area contributed by atoms with E-state index in [-0.39, 0.29) is 0 Å². The van der Waals surface area contributed by atoms with E-state index in [1.165, 1.54) is 120 Å². The van der Waals surface area contributed by atoms with Gasteiger partial charge in [0.2, 0.25) is 0 Å². The maximum absolute atomic E-state index is 6.81. The summed E-state index contributed by atoms with van der Waals surface area (Å²) < 4.78 is 0. The third-order valence-corrected chi connectivity index (χ3v) is 24.1. The van der Waals surface area contributed by atoms with Crippen LogP contribution in [0.3, 0.4) is 0 Å². The fourth-order valence-corrected chi connectivity index (χ4v) is 19.5. The van der Waals surface area contributed by atoms with Gasteiger partial charge >= 0.3 is 0 Å². The van der Waals surface area contributed by atoms with E-state index in [2.05, 4.69) is 352 Å². The fourth-order valence-electron chi connectivity index (χ4n) is 14.2. The molecule has 0 saturated carbocycles. The Hall–Kier alpha value is -10.0. The number of rotatable bonds is 16. The lowest BCUT2D eigenvalue weighted by molar-refractivity contribution is 1.37. The lowest BCUT2D eigenvalue weighted by atomic mass is 9.82. The van der Waals surface area contributed by atoms with E-state index in [1.807, 2.05) is 12.1 Å². The van der Waals surface area contributed by atoms with Crippen molar-refractivity contribution in [3.05, 3.63) is 386 Å². The Kier molecular flexibility index (Phi) is 18.7. The van der Waals surface area contributed by atoms with Gasteiger partial charge in [-0.15, -0.1) is 23.2 Å². The number of benzene rings is 16. The van der Waals surface area contributed by atoms with Crippen molar-refractivity contribution in [3.63, 3.8) is 0 Å². The number of halogens is 2. The minimum atomic E-state index is -0.785. The Morgan fingerprint density at radius 1 is 0.198 bits per heavy atom. The highest BCUT2D eigenvalue weighted by atomic mass is 35.5. The van der Waals surface area contributed by atoms with Gasteiger partial charge in [0.1, 0.15) is 0 Å². The zero-order valence-electron chi connectivity index (χ0n) is 53.1. The molecule has 0 aromatic heterocycles. The summed E-state index contributed by atoms with van der Waals surface area (Å²) >= 11 is 13.6. The highest BCUT2D eigenvalue weighted by Gasteiger charge is 2.29. The van der Waals surface area contributed by atoms with Gasteiger partial charge in [-0.3, -0.25) is 0 Å². The predicted molar refractivity (Wildman–Crippen MR) is 420 cm³/mol. The highest BCUT2D eigenvalue weighted by Crippen LogP contribution is 2.54. The van der Waals surface area contributed by atoms with Crippen molar-refractivity contribution in [2.24, 2.45) is 0 Å². The molecular formula is C92H68Cl2P2. The summed E-state index contributed by atoms with van der Waals surface area (Å²) in [4.78, 5) is 0. The SMILES string of the molecule is ClCc1c(-c2ccccc2)cc2ccccc2c1-c1c(CCl)c(-c2ccccc2)cc2ccccc12.c1ccc(-c2cc3ccccc3c(-c3c(CP(c4ccccc4)c4ccccc4)c(-c4ccccc4)cc4ccccc34)c2CP(c2ccccc2)c2ccccc2)cc1. The minimum absolute atomic E-state index is 0.399. The normalized spacial score (nSPS) is 11.4. The van der Waals surface area contributed by atoms with Gasteiger partial charge in [0, 0.05) is 24.1 Å². The van der Waals surface area contributed by atoms with Crippen molar-refractivity contribution >= 4 is 103 Å². The van der Waals surface area contributed by atoms with E-state index in [1.54, 1.807) is 0 Å². The van der Waals surface area contributed by atoms with Gasteiger partial charge in [-0.1, -0.05) is 340 Å². The molecule has 0 fully saturated rings. The quantitative estimate of drug-likeness (QED) is 0.0668. The standard InChI is InChI=1S/C58H44P2.C34H24Cl2/c1-7-23-43(24-8-1)53-39-45-27-19-21-37-51(45)57(55(53)41-59(47-29-11-3-12-30-47)48-31-13-4-14-32-48)58-52-38-22-20-28-46(52)40-54(44-25-9-2-10-26-44)56(58)42-60(49-33-15-5-16-34-49)50-35-17-6-18-36-50;35-21-31-29(23-11-3-1-4-12-23)19-25-15-7-9-17-27(25)33(31)34-28-18-10-8-16-26(28)20-30(32(34)22-36)24-13-5-2-6-14-24/h1-40H,41-42H2;1-20H,21-22H2. The van der Waals surface area contributed by atoms with E-state index in [0.717, 1.165) is 45.7 Å². The average Bonchev–Trinajstić information content (AvgIpc) is 0.864. The van der Waals surface area contributed by atoms with Crippen LogP contribution in [0.2, 0.25) is 0 Å². The zero-order chi connectivity index (χ0) is 64.6.